The Kier molecular flexibility index (Phi) is 6.85. The number of ketones is 1. The number of carbonyl (C=O) groups excluding carboxylic acids is 1. The first-order chi connectivity index (χ1) is 16.4. The highest BCUT2D eigenvalue weighted by atomic mass is 35.5. The van der Waals surface area contributed by atoms with Crippen LogP contribution in [0.15, 0.2) is 87.5 Å². The number of non-ortho nitro benzene ring substituents is 1. The standard InChI is InChI=1S/C22H15ClN6O4S/c23-14-7-5-13(6-8-14)19(30)21(27-25-15-9-11-16(12-10-15)29(31)32)34-22-28-26-20(33-22)17-3-1-2-4-18(17)24/h1-12,25H,24H2/b27-21+. The second kappa shape index (κ2) is 10.1. The molecule has 0 saturated heterocycles. The number of hydrazone groups is 1. The number of nitro benzene ring substituents is 1. The molecule has 3 aromatic carbocycles. The van der Waals surface area contributed by atoms with Crippen LogP contribution < -0.4 is 11.2 Å². The number of nitrogens with one attached hydrogen (secondary N) is 1. The van der Waals surface area contributed by atoms with Crippen molar-refractivity contribution in [2.45, 2.75) is 5.22 Å². The number of hydrogen-bond acceptors (Lipinski definition) is 10. The highest BCUT2D eigenvalue weighted by molar-refractivity contribution is 8.15. The second-order valence-corrected chi connectivity index (χ2v) is 8.11. The molecule has 4 aromatic rings. The molecular formula is C22H15ClN6O4S. The quantitative estimate of drug-likeness (QED) is 0.0664. The Hall–Kier alpha value is -4.22. The largest absolute Gasteiger partial charge is 0.411 e. The van der Waals surface area contributed by atoms with E-state index in [0.717, 1.165) is 11.8 Å². The maximum Gasteiger partial charge on any atom is 0.283 e. The lowest BCUT2D eigenvalue weighted by molar-refractivity contribution is -0.384. The Morgan fingerprint density at radius 2 is 1.76 bits per heavy atom. The molecule has 4 rings (SSSR count). The third kappa shape index (κ3) is 5.39. The predicted molar refractivity (Wildman–Crippen MR) is 130 cm³/mol. The fourth-order valence-electron chi connectivity index (χ4n) is 2.75. The molecule has 170 valence electrons. The fourth-order valence-corrected chi connectivity index (χ4v) is 3.55. The van der Waals surface area contributed by atoms with Crippen LogP contribution >= 0.6 is 23.4 Å². The SMILES string of the molecule is Nc1ccccc1-c1nnc(S/C(=N/Nc2ccc([N+](=O)[O-])cc2)C(=O)c2ccc(Cl)cc2)o1. The van der Waals surface area contributed by atoms with Gasteiger partial charge in [0, 0.05) is 28.4 Å². The number of nitrogens with two attached hydrogens (primary N) is 1. The average molecular weight is 495 g/mol. The van der Waals surface area contributed by atoms with Gasteiger partial charge in [0.1, 0.15) is 0 Å². The van der Waals surface area contributed by atoms with Crippen molar-refractivity contribution in [2.75, 3.05) is 11.2 Å². The van der Waals surface area contributed by atoms with E-state index in [4.69, 9.17) is 21.8 Å². The highest BCUT2D eigenvalue weighted by Crippen LogP contribution is 2.29. The third-order valence-corrected chi connectivity index (χ3v) is 5.51. The first-order valence-corrected chi connectivity index (χ1v) is 10.8. The van der Waals surface area contributed by atoms with Crippen LogP contribution in [-0.2, 0) is 0 Å². The molecular weight excluding hydrogens is 480 g/mol. The van der Waals surface area contributed by atoms with Crippen molar-refractivity contribution in [3.8, 4) is 11.5 Å². The number of benzene rings is 3. The van der Waals surface area contributed by atoms with Crippen molar-refractivity contribution in [3.63, 3.8) is 0 Å². The Bertz CT molecular complexity index is 1370. The Morgan fingerprint density at radius 3 is 2.44 bits per heavy atom. The van der Waals surface area contributed by atoms with Gasteiger partial charge >= 0.3 is 0 Å². The minimum Gasteiger partial charge on any atom is -0.411 e. The number of nitrogen functional groups attached to an aromatic ring is 1. The summed E-state index contributed by atoms with van der Waals surface area (Å²) in [6.45, 7) is 0. The van der Waals surface area contributed by atoms with Crippen LogP contribution in [0, 0.1) is 10.1 Å². The minimum absolute atomic E-state index is 0.00286. The van der Waals surface area contributed by atoms with Gasteiger partial charge in [-0.25, -0.2) is 0 Å². The lowest BCUT2D eigenvalue weighted by atomic mass is 10.1. The predicted octanol–water partition coefficient (Wildman–Crippen LogP) is 5.28. The van der Waals surface area contributed by atoms with Gasteiger partial charge in [0.25, 0.3) is 16.8 Å². The molecule has 0 aliphatic carbocycles. The summed E-state index contributed by atoms with van der Waals surface area (Å²) >= 11 is 6.79. The van der Waals surface area contributed by atoms with Crippen LogP contribution in [0.4, 0.5) is 17.1 Å². The van der Waals surface area contributed by atoms with Gasteiger partial charge in [-0.05, 0) is 60.3 Å². The molecule has 0 unspecified atom stereocenters. The van der Waals surface area contributed by atoms with Gasteiger partial charge in [0.05, 0.1) is 16.2 Å². The molecule has 1 heterocycles. The molecule has 12 heteroatoms. The van der Waals surface area contributed by atoms with Crippen LogP contribution in [0.25, 0.3) is 11.5 Å². The van der Waals surface area contributed by atoms with E-state index < -0.39 is 10.7 Å². The van der Waals surface area contributed by atoms with Gasteiger partial charge in [-0.1, -0.05) is 23.7 Å². The Labute approximate surface area is 202 Å². The molecule has 0 fully saturated rings. The molecule has 3 N–H and O–H groups in total. The summed E-state index contributed by atoms with van der Waals surface area (Å²) < 4.78 is 5.68. The molecule has 0 amide bonds. The lowest BCUT2D eigenvalue weighted by Gasteiger charge is -2.05. The van der Waals surface area contributed by atoms with Crippen molar-refractivity contribution in [1.29, 1.82) is 0 Å². The van der Waals surface area contributed by atoms with Crippen molar-refractivity contribution in [1.82, 2.24) is 10.2 Å². The second-order valence-electron chi connectivity index (χ2n) is 6.73. The molecule has 0 radical (unpaired) electrons. The molecule has 0 bridgehead atoms. The van der Waals surface area contributed by atoms with E-state index in [1.54, 1.807) is 48.5 Å². The molecule has 34 heavy (non-hydrogen) atoms. The van der Waals surface area contributed by atoms with Crippen molar-refractivity contribution in [3.05, 3.63) is 93.5 Å². The van der Waals surface area contributed by atoms with E-state index in [-0.39, 0.29) is 21.8 Å². The van der Waals surface area contributed by atoms with Crippen LogP contribution in [0.1, 0.15) is 10.4 Å². The van der Waals surface area contributed by atoms with Gasteiger partial charge < -0.3 is 10.2 Å². The number of rotatable bonds is 7. The molecule has 1 aromatic heterocycles. The molecule has 0 spiro atoms. The van der Waals surface area contributed by atoms with Crippen molar-refractivity contribution >= 4 is 51.3 Å². The first-order valence-electron chi connectivity index (χ1n) is 9.65. The number of nitro groups is 1. The number of thioether (sulfide) groups is 1. The van der Waals surface area contributed by atoms with Gasteiger partial charge in [0.2, 0.25) is 5.78 Å². The fraction of sp³-hybridized carbons (Fsp3) is 0. The number of anilines is 2. The smallest absolute Gasteiger partial charge is 0.283 e. The van der Waals surface area contributed by atoms with Crippen molar-refractivity contribution in [2.24, 2.45) is 5.10 Å². The van der Waals surface area contributed by atoms with E-state index in [1.165, 1.54) is 24.3 Å². The van der Waals surface area contributed by atoms with E-state index >= 15 is 0 Å². The third-order valence-electron chi connectivity index (χ3n) is 4.45. The monoisotopic (exact) mass is 494 g/mol. The number of nitrogens with zero attached hydrogens (tertiary/aromatic N) is 4. The van der Waals surface area contributed by atoms with Gasteiger partial charge in [-0.2, -0.15) is 5.10 Å². The lowest BCUT2D eigenvalue weighted by Crippen LogP contribution is -2.13. The van der Waals surface area contributed by atoms with E-state index in [1.807, 2.05) is 0 Å². The molecule has 0 atom stereocenters. The number of hydrogen-bond donors (Lipinski definition) is 2. The highest BCUT2D eigenvalue weighted by Gasteiger charge is 2.21. The maximum absolute atomic E-state index is 13.1. The van der Waals surface area contributed by atoms with Crippen LogP contribution in [0.5, 0.6) is 0 Å². The van der Waals surface area contributed by atoms with Gasteiger partial charge in [0.15, 0.2) is 5.04 Å². The van der Waals surface area contributed by atoms with Crippen LogP contribution in [0.2, 0.25) is 5.02 Å². The number of Topliss-reactive ketones (excluding diaryl/α,β-unsaturated/α-hetero) is 1. The summed E-state index contributed by atoms with van der Waals surface area (Å²) in [4.78, 5) is 23.5. The summed E-state index contributed by atoms with van der Waals surface area (Å²) in [5, 5.41) is 23.6. The van der Waals surface area contributed by atoms with Crippen LogP contribution in [-0.4, -0.2) is 25.9 Å². The molecule has 0 saturated carbocycles. The number of para-hydroxylation sites is 1. The number of halogens is 1. The molecule has 0 aliphatic heterocycles. The van der Waals surface area contributed by atoms with E-state index in [2.05, 4.69) is 20.7 Å². The number of aromatic nitrogens is 2. The zero-order chi connectivity index (χ0) is 24.1. The topological polar surface area (TPSA) is 150 Å². The first kappa shape index (κ1) is 23.0. The summed E-state index contributed by atoms with van der Waals surface area (Å²) in [6.07, 6.45) is 0. The molecule has 0 aliphatic rings. The zero-order valence-electron chi connectivity index (χ0n) is 17.2. The van der Waals surface area contributed by atoms with Gasteiger partial charge in [-0.15, -0.1) is 10.2 Å². The molecule has 10 nitrogen and oxygen atoms in total. The van der Waals surface area contributed by atoms with Gasteiger partial charge in [-0.3, -0.25) is 20.3 Å². The van der Waals surface area contributed by atoms with E-state index in [9.17, 15) is 14.9 Å². The average Bonchev–Trinajstić information content (AvgIpc) is 3.30. The summed E-state index contributed by atoms with van der Waals surface area (Å²) in [5.74, 6) is -0.225. The van der Waals surface area contributed by atoms with Crippen LogP contribution in [0.3, 0.4) is 0 Å². The normalized spacial score (nSPS) is 11.3. The Balaban J connectivity index is 1.61. The van der Waals surface area contributed by atoms with E-state index in [0.29, 0.717) is 27.5 Å². The Morgan fingerprint density at radius 1 is 1.06 bits per heavy atom. The number of carbonyl (C=O) groups is 1. The summed E-state index contributed by atoms with van der Waals surface area (Å²) in [6, 6.07) is 18.9. The van der Waals surface area contributed by atoms with Crippen molar-refractivity contribution < 1.29 is 14.1 Å². The summed E-state index contributed by atoms with van der Waals surface area (Å²) in [5.41, 5.74) is 10.4. The minimum atomic E-state index is -0.509. The maximum atomic E-state index is 13.1. The summed E-state index contributed by atoms with van der Waals surface area (Å²) in [7, 11) is 0. The zero-order valence-corrected chi connectivity index (χ0v) is 18.8.